The van der Waals surface area contributed by atoms with Crippen LogP contribution in [0.5, 0.6) is 5.75 Å². The Bertz CT molecular complexity index is 1210. The van der Waals surface area contributed by atoms with Crippen LogP contribution in [-0.2, 0) is 6.61 Å². The summed E-state index contributed by atoms with van der Waals surface area (Å²) in [4.78, 5) is 23.0. The topological polar surface area (TPSA) is 103 Å². The first-order chi connectivity index (χ1) is 14.6. The third-order valence-electron chi connectivity index (χ3n) is 5.02. The summed E-state index contributed by atoms with van der Waals surface area (Å²) >= 11 is 0. The minimum Gasteiger partial charge on any atom is -0.487 e. The highest BCUT2D eigenvalue weighted by Gasteiger charge is 2.35. The molecule has 0 saturated carbocycles. The lowest BCUT2D eigenvalue weighted by atomic mass is 10.1. The Morgan fingerprint density at radius 1 is 1.17 bits per heavy atom. The van der Waals surface area contributed by atoms with Crippen LogP contribution in [0, 0.1) is 13.8 Å². The number of amides is 1. The van der Waals surface area contributed by atoms with Crippen LogP contribution in [0.1, 0.15) is 33.7 Å². The highest BCUT2D eigenvalue weighted by atomic mass is 16.5. The number of para-hydroxylation sites is 1. The second-order valence-corrected chi connectivity index (χ2v) is 7.34. The first-order valence-corrected chi connectivity index (χ1v) is 9.65. The van der Waals surface area contributed by atoms with Crippen molar-refractivity contribution in [3.8, 4) is 5.75 Å². The third kappa shape index (κ3) is 3.36. The molecule has 152 valence electrons. The molecule has 0 radical (unpaired) electrons. The molecule has 1 fully saturated rings. The molecule has 0 N–H and O–H groups in total. The van der Waals surface area contributed by atoms with Gasteiger partial charge in [-0.2, -0.15) is 4.98 Å². The molecule has 1 amide bonds. The van der Waals surface area contributed by atoms with Crippen LogP contribution in [0.15, 0.2) is 42.6 Å². The average molecular weight is 404 g/mol. The van der Waals surface area contributed by atoms with Crippen molar-refractivity contribution in [2.45, 2.75) is 26.5 Å². The Balaban J connectivity index is 1.21. The molecule has 30 heavy (non-hydrogen) atoms. The number of ether oxygens (including phenoxy) is 1. The fourth-order valence-corrected chi connectivity index (χ4v) is 3.42. The molecule has 5 rings (SSSR count). The van der Waals surface area contributed by atoms with Crippen molar-refractivity contribution < 1.29 is 9.53 Å². The van der Waals surface area contributed by atoms with E-state index in [1.165, 1.54) is 0 Å². The second-order valence-electron chi connectivity index (χ2n) is 7.34. The van der Waals surface area contributed by atoms with Gasteiger partial charge in [0.1, 0.15) is 18.1 Å². The van der Waals surface area contributed by atoms with Gasteiger partial charge in [0, 0.05) is 24.5 Å². The van der Waals surface area contributed by atoms with E-state index in [0.717, 1.165) is 22.8 Å². The molecular formula is C20H20N8O2. The number of aryl methyl sites for hydroxylation is 2. The van der Waals surface area contributed by atoms with Crippen LogP contribution in [0.25, 0.3) is 5.78 Å². The van der Waals surface area contributed by atoms with Crippen molar-refractivity contribution in [2.24, 2.45) is 0 Å². The Morgan fingerprint density at radius 3 is 2.77 bits per heavy atom. The van der Waals surface area contributed by atoms with Crippen LogP contribution in [0.2, 0.25) is 0 Å². The van der Waals surface area contributed by atoms with Crippen molar-refractivity contribution >= 4 is 11.7 Å². The average Bonchev–Trinajstić information content (AvgIpc) is 3.33. The molecule has 10 heteroatoms. The smallest absolute Gasteiger partial charge is 0.293 e. The summed E-state index contributed by atoms with van der Waals surface area (Å²) < 4.78 is 9.06. The van der Waals surface area contributed by atoms with E-state index in [2.05, 4.69) is 25.4 Å². The zero-order valence-electron chi connectivity index (χ0n) is 16.6. The van der Waals surface area contributed by atoms with Gasteiger partial charge < -0.3 is 9.64 Å². The van der Waals surface area contributed by atoms with Gasteiger partial charge in [-0.25, -0.2) is 14.2 Å². The SMILES string of the molecule is Cc1cc(C)n2nc(C(=O)N3CC(n4cc(COc5ccccc5)nn4)C3)nc2n1. The lowest BCUT2D eigenvalue weighted by Gasteiger charge is -2.38. The number of benzene rings is 1. The summed E-state index contributed by atoms with van der Waals surface area (Å²) in [5.41, 5.74) is 2.47. The number of carbonyl (C=O) groups excluding carboxylic acids is 1. The number of nitrogens with zero attached hydrogens (tertiary/aromatic N) is 8. The highest BCUT2D eigenvalue weighted by molar-refractivity contribution is 5.91. The molecule has 1 saturated heterocycles. The standard InChI is InChI=1S/C20H20N8O2/c1-13-8-14(2)28-20(21-13)22-18(24-28)19(29)26-10-16(11-26)27-9-15(23-25-27)12-30-17-6-4-3-5-7-17/h3-9,16H,10-12H2,1-2H3. The van der Waals surface area contributed by atoms with Gasteiger partial charge in [0.25, 0.3) is 11.7 Å². The molecule has 0 aliphatic carbocycles. The van der Waals surface area contributed by atoms with Crippen molar-refractivity contribution in [3.05, 3.63) is 65.5 Å². The van der Waals surface area contributed by atoms with E-state index in [4.69, 9.17) is 4.74 Å². The van der Waals surface area contributed by atoms with E-state index in [1.54, 1.807) is 14.1 Å². The van der Waals surface area contributed by atoms with Crippen LogP contribution in [0.3, 0.4) is 0 Å². The normalized spacial score (nSPS) is 14.1. The van der Waals surface area contributed by atoms with Crippen molar-refractivity contribution in [3.63, 3.8) is 0 Å². The number of hydrogen-bond acceptors (Lipinski definition) is 7. The summed E-state index contributed by atoms with van der Waals surface area (Å²) in [6, 6.07) is 11.5. The maximum atomic E-state index is 12.7. The quantitative estimate of drug-likeness (QED) is 0.498. The number of carbonyl (C=O) groups is 1. The van der Waals surface area contributed by atoms with E-state index < -0.39 is 0 Å². The van der Waals surface area contributed by atoms with Crippen molar-refractivity contribution in [2.75, 3.05) is 13.1 Å². The second kappa shape index (κ2) is 7.21. The minimum absolute atomic E-state index is 0.0751. The van der Waals surface area contributed by atoms with Crippen molar-refractivity contribution in [1.29, 1.82) is 0 Å². The maximum absolute atomic E-state index is 12.7. The van der Waals surface area contributed by atoms with Gasteiger partial charge >= 0.3 is 0 Å². The number of fused-ring (bicyclic) bond motifs is 1. The third-order valence-corrected chi connectivity index (χ3v) is 5.02. The molecule has 3 aromatic heterocycles. The predicted octanol–water partition coefficient (Wildman–Crippen LogP) is 1.61. The molecule has 0 atom stereocenters. The van der Waals surface area contributed by atoms with E-state index in [-0.39, 0.29) is 17.8 Å². The first-order valence-electron chi connectivity index (χ1n) is 9.65. The first kappa shape index (κ1) is 18.2. The summed E-state index contributed by atoms with van der Waals surface area (Å²) in [6.07, 6.45) is 1.86. The van der Waals surface area contributed by atoms with Gasteiger partial charge in [0.05, 0.1) is 12.2 Å². The Kier molecular flexibility index (Phi) is 4.38. The number of aromatic nitrogens is 7. The van der Waals surface area contributed by atoms with E-state index in [0.29, 0.717) is 25.5 Å². The molecule has 0 unspecified atom stereocenters. The van der Waals surface area contributed by atoms with Crippen LogP contribution in [-0.4, -0.2) is 58.5 Å². The molecule has 4 aromatic rings. The summed E-state index contributed by atoms with van der Waals surface area (Å²) in [7, 11) is 0. The van der Waals surface area contributed by atoms with E-state index in [1.807, 2.05) is 56.4 Å². The molecule has 1 aromatic carbocycles. The number of likely N-dealkylation sites (tertiary alicyclic amines) is 1. The maximum Gasteiger partial charge on any atom is 0.293 e. The Labute approximate surface area is 172 Å². The van der Waals surface area contributed by atoms with Crippen LogP contribution < -0.4 is 4.74 Å². The number of hydrogen-bond donors (Lipinski definition) is 0. The van der Waals surface area contributed by atoms with E-state index >= 15 is 0 Å². The lowest BCUT2D eigenvalue weighted by Crippen LogP contribution is -2.51. The van der Waals surface area contributed by atoms with Crippen LogP contribution in [0.4, 0.5) is 0 Å². The van der Waals surface area contributed by atoms with Gasteiger partial charge in [-0.05, 0) is 32.0 Å². The lowest BCUT2D eigenvalue weighted by molar-refractivity contribution is 0.0486. The van der Waals surface area contributed by atoms with Crippen LogP contribution >= 0.6 is 0 Å². The molecule has 10 nitrogen and oxygen atoms in total. The van der Waals surface area contributed by atoms with Gasteiger partial charge in [0.2, 0.25) is 5.82 Å². The van der Waals surface area contributed by atoms with Gasteiger partial charge in [-0.1, -0.05) is 23.4 Å². The monoisotopic (exact) mass is 404 g/mol. The Hall–Kier alpha value is -3.82. The molecule has 0 bridgehead atoms. The highest BCUT2D eigenvalue weighted by Crippen LogP contribution is 2.22. The summed E-state index contributed by atoms with van der Waals surface area (Å²) in [5, 5.41) is 12.6. The molecule has 1 aliphatic rings. The fraction of sp³-hybridized carbons (Fsp3) is 0.300. The largest absolute Gasteiger partial charge is 0.487 e. The predicted molar refractivity (Wildman–Crippen MR) is 106 cm³/mol. The van der Waals surface area contributed by atoms with Gasteiger partial charge in [-0.15, -0.1) is 10.2 Å². The Morgan fingerprint density at radius 2 is 1.97 bits per heavy atom. The minimum atomic E-state index is -0.207. The fourth-order valence-electron chi connectivity index (χ4n) is 3.42. The summed E-state index contributed by atoms with van der Waals surface area (Å²) in [5.74, 6) is 1.17. The zero-order chi connectivity index (χ0) is 20.7. The number of rotatable bonds is 5. The molecule has 4 heterocycles. The van der Waals surface area contributed by atoms with Crippen molar-refractivity contribution in [1.82, 2.24) is 39.5 Å². The van der Waals surface area contributed by atoms with E-state index in [9.17, 15) is 4.79 Å². The van der Waals surface area contributed by atoms with Gasteiger partial charge in [0.15, 0.2) is 0 Å². The summed E-state index contributed by atoms with van der Waals surface area (Å²) in [6.45, 7) is 5.20. The zero-order valence-corrected chi connectivity index (χ0v) is 16.6. The molecular weight excluding hydrogens is 384 g/mol. The molecule has 1 aliphatic heterocycles. The van der Waals surface area contributed by atoms with Gasteiger partial charge in [-0.3, -0.25) is 4.79 Å². The molecule has 0 spiro atoms.